The Morgan fingerprint density at radius 1 is 1.10 bits per heavy atom. The molecule has 1 saturated heterocycles. The number of aromatic nitrogens is 2. The van der Waals surface area contributed by atoms with Gasteiger partial charge < -0.3 is 10.3 Å². The molecular formula is C17H20BrN3. The number of nitrogens with one attached hydrogen (secondary N) is 2. The topological polar surface area (TPSA) is 40.7 Å². The molecule has 4 rings (SSSR count). The lowest BCUT2D eigenvalue weighted by atomic mass is 9.86. The van der Waals surface area contributed by atoms with E-state index in [-0.39, 0.29) is 0 Å². The number of halogens is 1. The van der Waals surface area contributed by atoms with Crippen LogP contribution < -0.4 is 5.32 Å². The fourth-order valence-corrected chi connectivity index (χ4v) is 4.00. The molecule has 110 valence electrons. The molecule has 2 N–H and O–H groups in total. The van der Waals surface area contributed by atoms with Crippen LogP contribution in [-0.4, -0.2) is 16.5 Å². The van der Waals surface area contributed by atoms with E-state index in [1.54, 1.807) is 0 Å². The van der Waals surface area contributed by atoms with Crippen LogP contribution in [0.5, 0.6) is 0 Å². The molecule has 0 bridgehead atoms. The zero-order chi connectivity index (χ0) is 14.2. The molecule has 1 aromatic heterocycles. The summed E-state index contributed by atoms with van der Waals surface area (Å²) in [4.78, 5) is 8.14. The zero-order valence-electron chi connectivity index (χ0n) is 12.1. The van der Waals surface area contributed by atoms with Crippen molar-refractivity contribution in [3.8, 4) is 0 Å². The second kappa shape index (κ2) is 5.58. The molecule has 1 atom stereocenters. The lowest BCUT2D eigenvalue weighted by molar-refractivity contribution is 0.612. The van der Waals surface area contributed by atoms with Crippen LogP contribution >= 0.6 is 15.9 Å². The van der Waals surface area contributed by atoms with Crippen LogP contribution in [0.15, 0.2) is 34.0 Å². The number of imidazole rings is 1. The minimum Gasteiger partial charge on any atom is -0.341 e. The van der Waals surface area contributed by atoms with E-state index in [2.05, 4.69) is 43.4 Å². The number of allylic oxidation sites excluding steroid dienone is 6. The van der Waals surface area contributed by atoms with Crippen LogP contribution in [-0.2, 0) is 0 Å². The van der Waals surface area contributed by atoms with Gasteiger partial charge in [-0.2, -0.15) is 0 Å². The highest BCUT2D eigenvalue weighted by atomic mass is 79.9. The van der Waals surface area contributed by atoms with Gasteiger partial charge in [-0.05, 0) is 72.3 Å². The molecule has 3 aliphatic rings. The maximum Gasteiger partial charge on any atom is 0.123 e. The molecule has 2 aliphatic carbocycles. The smallest absolute Gasteiger partial charge is 0.123 e. The average molecular weight is 346 g/mol. The lowest BCUT2D eigenvalue weighted by Gasteiger charge is -2.21. The van der Waals surface area contributed by atoms with Gasteiger partial charge in [0.05, 0.1) is 17.9 Å². The highest BCUT2D eigenvalue weighted by Gasteiger charge is 2.21. The van der Waals surface area contributed by atoms with Gasteiger partial charge in [-0.3, -0.25) is 0 Å². The Balaban J connectivity index is 1.60. The minimum absolute atomic E-state index is 0.422. The van der Waals surface area contributed by atoms with E-state index in [0.29, 0.717) is 6.04 Å². The fourth-order valence-electron chi connectivity index (χ4n) is 3.53. The molecule has 0 aromatic carbocycles. The van der Waals surface area contributed by atoms with Gasteiger partial charge >= 0.3 is 0 Å². The van der Waals surface area contributed by atoms with Crippen molar-refractivity contribution >= 4 is 21.5 Å². The van der Waals surface area contributed by atoms with E-state index in [4.69, 9.17) is 0 Å². The van der Waals surface area contributed by atoms with Gasteiger partial charge in [0, 0.05) is 0 Å². The van der Waals surface area contributed by atoms with E-state index in [1.165, 1.54) is 39.7 Å². The van der Waals surface area contributed by atoms with E-state index in [0.717, 1.165) is 38.1 Å². The Labute approximate surface area is 133 Å². The fraction of sp³-hybridized carbons (Fsp3) is 0.471. The highest BCUT2D eigenvalue weighted by Crippen LogP contribution is 2.37. The Hall–Kier alpha value is -1.13. The minimum atomic E-state index is 0.422. The van der Waals surface area contributed by atoms with Crippen LogP contribution in [0.3, 0.4) is 0 Å². The van der Waals surface area contributed by atoms with Crippen LogP contribution in [0.25, 0.3) is 5.57 Å². The van der Waals surface area contributed by atoms with E-state index >= 15 is 0 Å². The molecule has 0 saturated carbocycles. The molecule has 1 unspecified atom stereocenters. The number of nitrogens with zero attached hydrogens (tertiary/aromatic N) is 1. The summed E-state index contributed by atoms with van der Waals surface area (Å²) in [5, 5.41) is 3.50. The molecule has 4 heteroatoms. The van der Waals surface area contributed by atoms with Gasteiger partial charge in [-0.1, -0.05) is 22.0 Å². The molecule has 21 heavy (non-hydrogen) atoms. The standard InChI is InChI=1S/C17H20BrN3/c18-14-6-5-11-8-13(4-3-12(11)9-14)16-10-20-17(21-16)15-2-1-7-19-15/h8-10,15,19H,1-7H2,(H,20,21). The summed E-state index contributed by atoms with van der Waals surface area (Å²) in [6.07, 6.45) is 13.7. The van der Waals surface area contributed by atoms with Gasteiger partial charge in [-0.15, -0.1) is 0 Å². The Bertz CT molecular complexity index is 645. The predicted octanol–water partition coefficient (Wildman–Crippen LogP) is 4.38. The van der Waals surface area contributed by atoms with Crippen molar-refractivity contribution in [2.75, 3.05) is 6.54 Å². The first kappa shape index (κ1) is 13.5. The summed E-state index contributed by atoms with van der Waals surface area (Å²) in [6, 6.07) is 0.422. The number of aromatic amines is 1. The predicted molar refractivity (Wildman–Crippen MR) is 89.0 cm³/mol. The molecule has 0 amide bonds. The van der Waals surface area contributed by atoms with Crippen molar-refractivity contribution < 1.29 is 0 Å². The maximum absolute atomic E-state index is 4.60. The summed E-state index contributed by atoms with van der Waals surface area (Å²) in [6.45, 7) is 1.11. The first-order valence-corrected chi connectivity index (χ1v) is 8.66. The summed E-state index contributed by atoms with van der Waals surface area (Å²) < 4.78 is 1.34. The highest BCUT2D eigenvalue weighted by molar-refractivity contribution is 9.11. The van der Waals surface area contributed by atoms with Gasteiger partial charge in [0.15, 0.2) is 0 Å². The van der Waals surface area contributed by atoms with Gasteiger partial charge in [0.25, 0.3) is 0 Å². The Kier molecular flexibility index (Phi) is 3.59. The molecule has 0 radical (unpaired) electrons. The van der Waals surface area contributed by atoms with Crippen molar-refractivity contribution in [2.45, 2.75) is 44.6 Å². The van der Waals surface area contributed by atoms with E-state index in [1.807, 2.05) is 6.20 Å². The third-order valence-electron chi connectivity index (χ3n) is 4.72. The zero-order valence-corrected chi connectivity index (χ0v) is 13.7. The van der Waals surface area contributed by atoms with Crippen molar-refractivity contribution in [2.24, 2.45) is 0 Å². The van der Waals surface area contributed by atoms with Crippen molar-refractivity contribution in [1.29, 1.82) is 0 Å². The third-order valence-corrected chi connectivity index (χ3v) is 5.35. The third kappa shape index (κ3) is 2.67. The van der Waals surface area contributed by atoms with Gasteiger partial charge in [-0.25, -0.2) is 4.98 Å². The molecule has 1 aromatic rings. The van der Waals surface area contributed by atoms with E-state index < -0.39 is 0 Å². The maximum atomic E-state index is 4.60. The van der Waals surface area contributed by atoms with Crippen molar-refractivity contribution in [3.05, 3.63) is 45.5 Å². The molecule has 3 nitrogen and oxygen atoms in total. The van der Waals surface area contributed by atoms with E-state index in [9.17, 15) is 0 Å². The Morgan fingerprint density at radius 3 is 2.81 bits per heavy atom. The van der Waals surface area contributed by atoms with Crippen molar-refractivity contribution in [1.82, 2.24) is 15.3 Å². The normalized spacial score (nSPS) is 25.7. The SMILES string of the molecule is BrC1=CC2=C(C=C(c3cnc(C4CCCN4)[nH]3)CC2)CC1. The van der Waals surface area contributed by atoms with Crippen molar-refractivity contribution in [3.63, 3.8) is 0 Å². The average Bonchev–Trinajstić information content (AvgIpc) is 3.17. The second-order valence-electron chi connectivity index (χ2n) is 6.14. The molecule has 1 aliphatic heterocycles. The van der Waals surface area contributed by atoms with Crippen LogP contribution in [0, 0.1) is 0 Å². The number of hydrogen-bond acceptors (Lipinski definition) is 2. The van der Waals surface area contributed by atoms with Crippen LogP contribution in [0.2, 0.25) is 0 Å². The monoisotopic (exact) mass is 345 g/mol. The number of hydrogen-bond donors (Lipinski definition) is 2. The van der Waals surface area contributed by atoms with Crippen LogP contribution in [0.4, 0.5) is 0 Å². The molecule has 2 heterocycles. The van der Waals surface area contributed by atoms with Crippen LogP contribution in [0.1, 0.15) is 56.1 Å². The van der Waals surface area contributed by atoms with Gasteiger partial charge in [0.1, 0.15) is 5.82 Å². The first-order chi connectivity index (χ1) is 10.3. The molecular weight excluding hydrogens is 326 g/mol. The Morgan fingerprint density at radius 2 is 1.95 bits per heavy atom. The number of rotatable bonds is 2. The molecule has 1 fully saturated rings. The lowest BCUT2D eigenvalue weighted by Crippen LogP contribution is -2.14. The van der Waals surface area contributed by atoms with Gasteiger partial charge in [0.2, 0.25) is 0 Å². The number of H-pyrrole nitrogens is 1. The summed E-state index contributed by atoms with van der Waals surface area (Å²) in [5.74, 6) is 1.11. The summed E-state index contributed by atoms with van der Waals surface area (Å²) in [5.41, 5.74) is 5.64. The second-order valence-corrected chi connectivity index (χ2v) is 7.16. The molecule has 0 spiro atoms. The summed E-state index contributed by atoms with van der Waals surface area (Å²) >= 11 is 3.63. The first-order valence-electron chi connectivity index (χ1n) is 7.87. The quantitative estimate of drug-likeness (QED) is 0.834. The largest absolute Gasteiger partial charge is 0.341 e. The summed E-state index contributed by atoms with van der Waals surface area (Å²) in [7, 11) is 0.